The van der Waals surface area contributed by atoms with Gasteiger partial charge < -0.3 is 25.0 Å². The fraction of sp³-hybridized carbons (Fsp3) is 0.611. The Labute approximate surface area is 153 Å². The molecule has 0 spiro atoms. The van der Waals surface area contributed by atoms with Crippen LogP contribution in [0.25, 0.3) is 0 Å². The van der Waals surface area contributed by atoms with Crippen molar-refractivity contribution in [2.75, 3.05) is 36.4 Å². The van der Waals surface area contributed by atoms with Crippen LogP contribution >= 0.6 is 0 Å². The van der Waals surface area contributed by atoms with E-state index in [1.807, 2.05) is 26.0 Å². The summed E-state index contributed by atoms with van der Waals surface area (Å²) < 4.78 is 5.73. The van der Waals surface area contributed by atoms with Crippen LogP contribution in [0.2, 0.25) is 0 Å². The summed E-state index contributed by atoms with van der Waals surface area (Å²) in [5, 5.41) is 11.9. The Morgan fingerprint density at radius 2 is 1.96 bits per heavy atom. The van der Waals surface area contributed by atoms with Crippen LogP contribution in [-0.4, -0.2) is 65.4 Å². The van der Waals surface area contributed by atoms with Crippen LogP contribution in [0.3, 0.4) is 0 Å². The highest BCUT2D eigenvalue weighted by atomic mass is 16.5. The molecule has 0 saturated carbocycles. The molecular weight excluding hydrogens is 336 g/mol. The Kier molecular flexibility index (Phi) is 5.61. The molecule has 0 bridgehead atoms. The number of carboxylic acids is 1. The molecule has 2 fully saturated rings. The van der Waals surface area contributed by atoms with Crippen molar-refractivity contribution in [3.8, 4) is 0 Å². The Morgan fingerprint density at radius 1 is 1.23 bits per heavy atom. The number of morpholine rings is 1. The zero-order valence-corrected chi connectivity index (χ0v) is 15.2. The van der Waals surface area contributed by atoms with E-state index in [9.17, 15) is 9.59 Å². The van der Waals surface area contributed by atoms with Gasteiger partial charge in [0.15, 0.2) is 0 Å². The van der Waals surface area contributed by atoms with Crippen molar-refractivity contribution in [1.29, 1.82) is 0 Å². The van der Waals surface area contributed by atoms with Crippen LogP contribution in [0.5, 0.6) is 0 Å². The number of amides is 2. The maximum Gasteiger partial charge on any atom is 0.321 e. The van der Waals surface area contributed by atoms with Gasteiger partial charge in [0.05, 0.1) is 30.0 Å². The maximum atomic E-state index is 12.4. The summed E-state index contributed by atoms with van der Waals surface area (Å²) >= 11 is 0. The van der Waals surface area contributed by atoms with Crippen LogP contribution in [0.15, 0.2) is 18.3 Å². The van der Waals surface area contributed by atoms with Gasteiger partial charge in [-0.05, 0) is 38.8 Å². The third-order valence-electron chi connectivity index (χ3n) is 4.80. The number of carboxylic acid groups (broad SMARTS) is 1. The van der Waals surface area contributed by atoms with E-state index in [4.69, 9.17) is 9.84 Å². The summed E-state index contributed by atoms with van der Waals surface area (Å²) in [4.78, 5) is 31.7. The first-order valence-electron chi connectivity index (χ1n) is 9.07. The van der Waals surface area contributed by atoms with Crippen molar-refractivity contribution in [1.82, 2.24) is 9.88 Å². The number of piperidine rings is 1. The first kappa shape index (κ1) is 18.4. The monoisotopic (exact) mass is 362 g/mol. The molecule has 3 unspecified atom stereocenters. The van der Waals surface area contributed by atoms with Crippen molar-refractivity contribution in [3.05, 3.63) is 18.3 Å². The van der Waals surface area contributed by atoms with Crippen molar-refractivity contribution < 1.29 is 19.4 Å². The number of ether oxygens (including phenoxy) is 1. The number of rotatable bonds is 3. The summed E-state index contributed by atoms with van der Waals surface area (Å²) in [6.45, 7) is 6.47. The standard InChI is InChI=1S/C18H26N4O4/c1-12-9-22(10-13(2)26-12)16-6-5-15(8-19-16)20-18(25)21-7-3-4-14(11-21)17(23)24/h5-6,8,12-14H,3-4,7,9-11H2,1-2H3,(H,20,25)(H,23,24). The quantitative estimate of drug-likeness (QED) is 0.854. The van der Waals surface area contributed by atoms with Gasteiger partial charge in [-0.2, -0.15) is 0 Å². The highest BCUT2D eigenvalue weighted by Crippen LogP contribution is 2.21. The number of hydrogen-bond donors (Lipinski definition) is 2. The van der Waals surface area contributed by atoms with Crippen molar-refractivity contribution >= 4 is 23.5 Å². The second-order valence-corrected chi connectivity index (χ2v) is 7.12. The van der Waals surface area contributed by atoms with Gasteiger partial charge in [-0.15, -0.1) is 0 Å². The van der Waals surface area contributed by atoms with Gasteiger partial charge in [0.2, 0.25) is 0 Å². The van der Waals surface area contributed by atoms with Gasteiger partial charge >= 0.3 is 12.0 Å². The molecule has 8 nitrogen and oxygen atoms in total. The van der Waals surface area contributed by atoms with E-state index in [0.29, 0.717) is 25.1 Å². The van der Waals surface area contributed by atoms with Crippen molar-refractivity contribution in [2.24, 2.45) is 5.92 Å². The first-order chi connectivity index (χ1) is 12.4. The molecule has 2 saturated heterocycles. The van der Waals surface area contributed by atoms with Crippen LogP contribution in [-0.2, 0) is 9.53 Å². The Balaban J connectivity index is 1.58. The molecule has 8 heteroatoms. The number of nitrogens with one attached hydrogen (secondary N) is 1. The van der Waals surface area contributed by atoms with Gasteiger partial charge in [0.1, 0.15) is 5.82 Å². The number of aromatic nitrogens is 1. The lowest BCUT2D eigenvalue weighted by molar-refractivity contribution is -0.143. The number of hydrogen-bond acceptors (Lipinski definition) is 5. The third-order valence-corrected chi connectivity index (χ3v) is 4.80. The molecule has 1 aromatic rings. The SMILES string of the molecule is CC1CN(c2ccc(NC(=O)N3CCCC(C(=O)O)C3)cn2)CC(C)O1. The minimum absolute atomic E-state index is 0.154. The summed E-state index contributed by atoms with van der Waals surface area (Å²) in [5.74, 6) is -0.475. The van der Waals surface area contributed by atoms with Crippen LogP contribution in [0.4, 0.5) is 16.3 Å². The fourth-order valence-electron chi connectivity index (χ4n) is 3.58. The van der Waals surface area contributed by atoms with Crippen molar-refractivity contribution in [3.63, 3.8) is 0 Å². The van der Waals surface area contributed by atoms with E-state index in [2.05, 4.69) is 15.2 Å². The Bertz CT molecular complexity index is 641. The predicted molar refractivity (Wildman–Crippen MR) is 97.4 cm³/mol. The number of pyridine rings is 1. The van der Waals surface area contributed by atoms with Gasteiger partial charge in [0.25, 0.3) is 0 Å². The number of aliphatic carboxylic acids is 1. The zero-order valence-electron chi connectivity index (χ0n) is 15.2. The normalized spacial score (nSPS) is 26.5. The first-order valence-corrected chi connectivity index (χ1v) is 9.07. The van der Waals surface area contributed by atoms with Gasteiger partial charge in [-0.25, -0.2) is 9.78 Å². The second-order valence-electron chi connectivity index (χ2n) is 7.12. The molecule has 2 amide bonds. The van der Waals surface area contributed by atoms with Gasteiger partial charge in [0, 0.05) is 26.2 Å². The van der Waals surface area contributed by atoms with E-state index < -0.39 is 11.9 Å². The molecule has 2 aliphatic heterocycles. The average Bonchev–Trinajstić information content (AvgIpc) is 2.61. The largest absolute Gasteiger partial charge is 0.481 e. The minimum atomic E-state index is -0.845. The molecule has 3 heterocycles. The lowest BCUT2D eigenvalue weighted by Crippen LogP contribution is -2.45. The predicted octanol–water partition coefficient (Wildman–Crippen LogP) is 2.02. The maximum absolute atomic E-state index is 12.4. The number of urea groups is 1. The molecule has 2 aliphatic rings. The number of carbonyl (C=O) groups is 2. The third kappa shape index (κ3) is 4.43. The van der Waals surface area contributed by atoms with E-state index in [1.54, 1.807) is 11.1 Å². The summed E-state index contributed by atoms with van der Waals surface area (Å²) in [6, 6.07) is 3.43. The topological polar surface area (TPSA) is 95.0 Å². The Morgan fingerprint density at radius 3 is 2.58 bits per heavy atom. The molecule has 2 N–H and O–H groups in total. The van der Waals surface area contributed by atoms with Crippen molar-refractivity contribution in [2.45, 2.75) is 38.9 Å². The molecular formula is C18H26N4O4. The second kappa shape index (κ2) is 7.90. The molecule has 0 aliphatic carbocycles. The average molecular weight is 362 g/mol. The molecule has 0 radical (unpaired) electrons. The lowest BCUT2D eigenvalue weighted by atomic mass is 9.99. The molecule has 142 valence electrons. The van der Waals surface area contributed by atoms with E-state index in [0.717, 1.165) is 18.9 Å². The Hall–Kier alpha value is -2.35. The highest BCUT2D eigenvalue weighted by molar-refractivity contribution is 5.89. The number of likely N-dealkylation sites (tertiary alicyclic amines) is 1. The fourth-order valence-corrected chi connectivity index (χ4v) is 3.58. The molecule has 0 aromatic carbocycles. The summed E-state index contributed by atoms with van der Waals surface area (Å²) in [7, 11) is 0. The van der Waals surface area contributed by atoms with Gasteiger partial charge in [-0.1, -0.05) is 0 Å². The molecule has 3 atom stereocenters. The smallest absolute Gasteiger partial charge is 0.321 e. The number of carbonyl (C=O) groups excluding carboxylic acids is 1. The van der Waals surface area contributed by atoms with E-state index in [-0.39, 0.29) is 24.8 Å². The molecule has 1 aromatic heterocycles. The van der Waals surface area contributed by atoms with E-state index in [1.165, 1.54) is 0 Å². The van der Waals surface area contributed by atoms with Crippen LogP contribution < -0.4 is 10.2 Å². The molecule has 26 heavy (non-hydrogen) atoms. The highest BCUT2D eigenvalue weighted by Gasteiger charge is 2.28. The number of nitrogens with zero attached hydrogens (tertiary/aromatic N) is 3. The summed E-state index contributed by atoms with van der Waals surface area (Å²) in [6.07, 6.45) is 3.26. The lowest BCUT2D eigenvalue weighted by Gasteiger charge is -2.36. The van der Waals surface area contributed by atoms with Gasteiger partial charge in [-0.3, -0.25) is 4.79 Å². The summed E-state index contributed by atoms with van der Waals surface area (Å²) in [5.41, 5.74) is 0.602. The van der Waals surface area contributed by atoms with E-state index >= 15 is 0 Å². The van der Waals surface area contributed by atoms with Crippen LogP contribution in [0, 0.1) is 5.92 Å². The number of anilines is 2. The zero-order chi connectivity index (χ0) is 18.7. The van der Waals surface area contributed by atoms with Crippen LogP contribution in [0.1, 0.15) is 26.7 Å². The minimum Gasteiger partial charge on any atom is -0.481 e. The molecule has 3 rings (SSSR count).